The van der Waals surface area contributed by atoms with Crippen molar-refractivity contribution in [3.8, 4) is 28.7 Å². The average Bonchev–Trinajstić information content (AvgIpc) is 2.71. The fraction of sp³-hybridized carbons (Fsp3) is 0.100. The van der Waals surface area contributed by atoms with Crippen LogP contribution in [0.1, 0.15) is 11.9 Å². The van der Waals surface area contributed by atoms with Gasteiger partial charge >= 0.3 is 21.0 Å². The summed E-state index contributed by atoms with van der Waals surface area (Å²) >= 11 is 0. The summed E-state index contributed by atoms with van der Waals surface area (Å²) in [6.07, 6.45) is -1.18. The minimum absolute atomic E-state index is 0.0516. The van der Waals surface area contributed by atoms with E-state index in [-0.39, 0.29) is 23.0 Å². The van der Waals surface area contributed by atoms with E-state index in [1.807, 2.05) is 0 Å². The van der Waals surface area contributed by atoms with Crippen LogP contribution in [0.25, 0.3) is 0 Å². The number of halogens is 2. The van der Waals surface area contributed by atoms with Gasteiger partial charge in [-0.3, -0.25) is 0 Å². The Morgan fingerprint density at radius 1 is 0.636 bits per heavy atom. The minimum Gasteiger partial charge on any atom is -0.497 e. The van der Waals surface area contributed by atoms with E-state index in [2.05, 4.69) is 8.37 Å². The van der Waals surface area contributed by atoms with Crippen molar-refractivity contribution >= 4 is 21.0 Å². The van der Waals surface area contributed by atoms with Crippen molar-refractivity contribution < 1.29 is 47.2 Å². The predicted octanol–water partition coefficient (Wildman–Crippen LogP) is 4.04. The van der Waals surface area contributed by atoms with Crippen LogP contribution in [0.15, 0.2) is 72.8 Å². The molecule has 0 aliphatic carbocycles. The van der Waals surface area contributed by atoms with Gasteiger partial charge in [0.2, 0.25) is 0 Å². The van der Waals surface area contributed by atoms with Crippen LogP contribution in [0.2, 0.25) is 0 Å². The number of hydrogen-bond acceptors (Lipinski definition) is 9. The van der Waals surface area contributed by atoms with Crippen molar-refractivity contribution in [3.05, 3.63) is 78.4 Å². The van der Waals surface area contributed by atoms with E-state index in [1.165, 1.54) is 43.5 Å². The lowest BCUT2D eigenvalue weighted by atomic mass is 10.2. The number of hydrogen-bond donors (Lipinski definition) is 0. The molecule has 0 bridgehead atoms. The topological polar surface area (TPSA) is 114 Å². The van der Waals surface area contributed by atoms with Crippen LogP contribution in [0, 0.1) is 0 Å². The lowest BCUT2D eigenvalue weighted by Crippen LogP contribution is -2.15. The van der Waals surface area contributed by atoms with Gasteiger partial charge in [-0.15, -0.1) is 0 Å². The molecule has 9 nitrogen and oxygen atoms in total. The SMILES string of the molecule is COc1ccc(C(Oc2cccc(OS(=O)(=O)F)c2)Oc2cccc(OS(=O)(=O)F)c2)cc1. The van der Waals surface area contributed by atoms with Gasteiger partial charge in [-0.2, -0.15) is 16.8 Å². The lowest BCUT2D eigenvalue weighted by molar-refractivity contribution is 0.00365. The first-order chi connectivity index (χ1) is 15.5. The number of benzene rings is 3. The number of ether oxygens (including phenoxy) is 3. The summed E-state index contributed by atoms with van der Waals surface area (Å²) < 4.78 is 93.7. The highest BCUT2D eigenvalue weighted by molar-refractivity contribution is 7.82. The van der Waals surface area contributed by atoms with E-state index >= 15 is 0 Å². The molecular formula is C20H16F2O9S2. The van der Waals surface area contributed by atoms with Crippen molar-refractivity contribution in [2.45, 2.75) is 6.29 Å². The van der Waals surface area contributed by atoms with Crippen molar-refractivity contribution in [1.82, 2.24) is 0 Å². The molecule has 13 heteroatoms. The Kier molecular flexibility index (Phi) is 7.23. The Bertz CT molecular complexity index is 1230. The summed E-state index contributed by atoms with van der Waals surface area (Å²) in [5.74, 6) is -0.0323. The highest BCUT2D eigenvalue weighted by atomic mass is 32.3. The largest absolute Gasteiger partial charge is 0.497 e. The van der Waals surface area contributed by atoms with E-state index in [9.17, 15) is 24.6 Å². The van der Waals surface area contributed by atoms with Crippen molar-refractivity contribution in [1.29, 1.82) is 0 Å². The molecule has 3 aromatic rings. The molecule has 0 heterocycles. The van der Waals surface area contributed by atoms with Gasteiger partial charge < -0.3 is 22.6 Å². The van der Waals surface area contributed by atoms with Gasteiger partial charge in [-0.1, -0.05) is 19.9 Å². The summed E-state index contributed by atoms with van der Waals surface area (Å²) in [6, 6.07) is 16.7. The average molecular weight is 502 g/mol. The van der Waals surface area contributed by atoms with Crippen molar-refractivity contribution in [2.24, 2.45) is 0 Å². The minimum atomic E-state index is -5.24. The summed E-state index contributed by atoms with van der Waals surface area (Å²) in [6.45, 7) is 0. The molecule has 33 heavy (non-hydrogen) atoms. The monoisotopic (exact) mass is 502 g/mol. The first-order valence-corrected chi connectivity index (χ1v) is 11.6. The van der Waals surface area contributed by atoms with Crippen molar-refractivity contribution in [3.63, 3.8) is 0 Å². The smallest absolute Gasteiger partial charge is 0.488 e. The second-order valence-corrected chi connectivity index (χ2v) is 8.15. The fourth-order valence-corrected chi connectivity index (χ4v) is 3.26. The summed E-state index contributed by atoms with van der Waals surface area (Å²) in [7, 11) is -9.01. The summed E-state index contributed by atoms with van der Waals surface area (Å²) in [5, 5.41) is 0. The van der Waals surface area contributed by atoms with Crippen molar-refractivity contribution in [2.75, 3.05) is 7.11 Å². The number of rotatable bonds is 10. The maximum atomic E-state index is 12.8. The van der Waals surface area contributed by atoms with Gasteiger partial charge in [0.05, 0.1) is 7.11 Å². The highest BCUT2D eigenvalue weighted by Gasteiger charge is 2.19. The first-order valence-electron chi connectivity index (χ1n) is 8.96. The van der Waals surface area contributed by atoms with E-state index in [1.54, 1.807) is 24.3 Å². The Morgan fingerprint density at radius 2 is 1.06 bits per heavy atom. The molecular weight excluding hydrogens is 486 g/mol. The molecule has 0 spiro atoms. The predicted molar refractivity (Wildman–Crippen MR) is 111 cm³/mol. The quantitative estimate of drug-likeness (QED) is 0.299. The first kappa shape index (κ1) is 24.1. The summed E-state index contributed by atoms with van der Waals surface area (Å²) in [4.78, 5) is 0. The third-order valence-electron chi connectivity index (χ3n) is 3.88. The van der Waals surface area contributed by atoms with E-state index in [4.69, 9.17) is 14.2 Å². The highest BCUT2D eigenvalue weighted by Crippen LogP contribution is 2.31. The molecule has 0 aliphatic heterocycles. The maximum Gasteiger partial charge on any atom is 0.488 e. The Morgan fingerprint density at radius 3 is 1.45 bits per heavy atom. The fourth-order valence-electron chi connectivity index (χ4n) is 2.60. The maximum absolute atomic E-state index is 12.8. The molecule has 0 saturated heterocycles. The van der Waals surface area contributed by atoms with E-state index in [0.29, 0.717) is 11.3 Å². The molecule has 0 radical (unpaired) electrons. The van der Waals surface area contributed by atoms with Crippen LogP contribution in [0.4, 0.5) is 7.77 Å². The van der Waals surface area contributed by atoms with Crippen LogP contribution in [0.3, 0.4) is 0 Å². The molecule has 0 unspecified atom stereocenters. The zero-order valence-corrected chi connectivity index (χ0v) is 18.4. The van der Waals surface area contributed by atoms with Gasteiger partial charge in [0.1, 0.15) is 28.7 Å². The normalized spacial score (nSPS) is 11.6. The van der Waals surface area contributed by atoms with Crippen LogP contribution in [-0.2, 0) is 21.0 Å². The second kappa shape index (κ2) is 9.92. The molecule has 0 saturated carbocycles. The van der Waals surface area contributed by atoms with E-state index in [0.717, 1.165) is 12.1 Å². The molecule has 0 N–H and O–H groups in total. The second-order valence-electron chi connectivity index (χ2n) is 6.24. The molecule has 0 aliphatic rings. The third kappa shape index (κ3) is 7.80. The van der Waals surface area contributed by atoms with Crippen LogP contribution in [-0.4, -0.2) is 23.9 Å². The van der Waals surface area contributed by atoms with Crippen LogP contribution in [0.5, 0.6) is 28.7 Å². The zero-order chi connectivity index (χ0) is 24.1. The zero-order valence-electron chi connectivity index (χ0n) is 16.8. The molecule has 176 valence electrons. The lowest BCUT2D eigenvalue weighted by Gasteiger charge is -2.21. The number of methoxy groups -OCH3 is 1. The Hall–Kier alpha value is -3.58. The third-order valence-corrected chi connectivity index (χ3v) is 4.66. The standard InChI is InChI=1S/C20H16F2O9S2/c1-27-15-10-8-14(9-11-15)20(28-16-4-2-6-18(12-16)30-32(21,23)24)29-17-5-3-7-19(13-17)31-33(22,25)26/h2-13,20H,1H3. The Labute approximate surface area is 188 Å². The van der Waals surface area contributed by atoms with E-state index < -0.39 is 27.3 Å². The Balaban J connectivity index is 1.91. The summed E-state index contributed by atoms with van der Waals surface area (Å²) in [5.41, 5.74) is 0.463. The van der Waals surface area contributed by atoms with Gasteiger partial charge in [0.15, 0.2) is 0 Å². The molecule has 3 rings (SSSR count). The van der Waals surface area contributed by atoms with Crippen LogP contribution < -0.4 is 22.6 Å². The molecule has 3 aromatic carbocycles. The van der Waals surface area contributed by atoms with Gasteiger partial charge in [0, 0.05) is 17.7 Å². The molecule has 0 atom stereocenters. The van der Waals surface area contributed by atoms with Crippen LogP contribution >= 0.6 is 0 Å². The molecule has 0 amide bonds. The van der Waals surface area contributed by atoms with Gasteiger partial charge in [0.25, 0.3) is 6.29 Å². The molecule has 0 fully saturated rings. The molecule has 0 aromatic heterocycles. The van der Waals surface area contributed by atoms with Gasteiger partial charge in [-0.05, 0) is 48.5 Å². The van der Waals surface area contributed by atoms with Gasteiger partial charge in [-0.25, -0.2) is 0 Å².